The van der Waals surface area contributed by atoms with Crippen molar-refractivity contribution >= 4 is 12.3 Å². The Morgan fingerprint density at radius 2 is 1.64 bits per heavy atom. The van der Waals surface area contributed by atoms with Crippen molar-refractivity contribution in [2.45, 2.75) is 116 Å². The molecule has 1 fully saturated rings. The zero-order valence-corrected chi connectivity index (χ0v) is 17.0. The fourth-order valence-corrected chi connectivity index (χ4v) is 4.13. The van der Waals surface area contributed by atoms with Crippen LogP contribution in [-0.2, 0) is 14.3 Å². The van der Waals surface area contributed by atoms with E-state index in [2.05, 4.69) is 39.9 Å². The molecule has 1 heterocycles. The Balaban J connectivity index is 2.14. The highest BCUT2D eigenvalue weighted by atomic mass is 16.5. The van der Waals surface area contributed by atoms with Crippen LogP contribution in [0.3, 0.4) is 0 Å². The first-order valence-corrected chi connectivity index (χ1v) is 10.1. The first-order valence-electron chi connectivity index (χ1n) is 10.1. The van der Waals surface area contributed by atoms with Crippen LogP contribution in [0.15, 0.2) is 0 Å². The van der Waals surface area contributed by atoms with Crippen LogP contribution in [0.25, 0.3) is 0 Å². The zero-order chi connectivity index (χ0) is 18.9. The number of esters is 1. The van der Waals surface area contributed by atoms with Crippen LogP contribution in [0, 0.1) is 5.92 Å². The molecule has 1 atom stereocenters. The fourth-order valence-electron chi connectivity index (χ4n) is 4.13. The fraction of sp³-hybridized carbons (Fsp3) is 0.905. The second-order valence-corrected chi connectivity index (χ2v) is 9.02. The summed E-state index contributed by atoms with van der Waals surface area (Å²) in [6.45, 7) is 10.7. The van der Waals surface area contributed by atoms with E-state index in [1.54, 1.807) is 0 Å². The first-order chi connectivity index (χ1) is 11.7. The van der Waals surface area contributed by atoms with E-state index in [1.807, 2.05) is 0 Å². The van der Waals surface area contributed by atoms with Gasteiger partial charge in [-0.3, -0.25) is 4.79 Å². The first kappa shape index (κ1) is 22.1. The van der Waals surface area contributed by atoms with E-state index in [4.69, 9.17) is 4.74 Å². The Kier molecular flexibility index (Phi) is 9.12. The molecule has 1 rings (SSSR count). The Labute approximate surface area is 154 Å². The maximum absolute atomic E-state index is 12.1. The van der Waals surface area contributed by atoms with Gasteiger partial charge >= 0.3 is 5.97 Å². The van der Waals surface area contributed by atoms with Crippen molar-refractivity contribution in [1.29, 1.82) is 0 Å². The molecule has 0 saturated carbocycles. The molecule has 0 aromatic heterocycles. The number of ether oxygens (including phenoxy) is 1. The molecule has 0 spiro atoms. The molecule has 0 bridgehead atoms. The predicted octanol–water partition coefficient (Wildman–Crippen LogP) is 4.79. The van der Waals surface area contributed by atoms with Crippen molar-refractivity contribution in [1.82, 2.24) is 5.32 Å². The summed E-state index contributed by atoms with van der Waals surface area (Å²) in [4.78, 5) is 22.9. The van der Waals surface area contributed by atoms with Gasteiger partial charge in [0.2, 0.25) is 0 Å². The molecular formula is C21H39NO3. The van der Waals surface area contributed by atoms with E-state index < -0.39 is 0 Å². The minimum atomic E-state index is -0.0505. The van der Waals surface area contributed by atoms with Crippen LogP contribution in [0.5, 0.6) is 0 Å². The van der Waals surface area contributed by atoms with Crippen molar-refractivity contribution in [3.05, 3.63) is 0 Å². The molecule has 1 saturated heterocycles. The number of unbranched alkanes of at least 4 members (excludes halogenated alkanes) is 4. The molecule has 0 radical (unpaired) electrons. The molecule has 1 aliphatic rings. The Bertz CT molecular complexity index is 401. The Morgan fingerprint density at radius 3 is 2.20 bits per heavy atom. The summed E-state index contributed by atoms with van der Waals surface area (Å²) in [6, 6.07) is 0. The van der Waals surface area contributed by atoms with Gasteiger partial charge in [-0.1, -0.05) is 32.6 Å². The summed E-state index contributed by atoms with van der Waals surface area (Å²) in [5.41, 5.74) is 0.00905. The maximum atomic E-state index is 12.1. The number of carbonyl (C=O) groups is 2. The van der Waals surface area contributed by atoms with Gasteiger partial charge in [-0.25, -0.2) is 0 Å². The summed E-state index contributed by atoms with van der Waals surface area (Å²) < 4.78 is 5.73. The van der Waals surface area contributed by atoms with Gasteiger partial charge in [-0.15, -0.1) is 0 Å². The van der Waals surface area contributed by atoms with Crippen molar-refractivity contribution < 1.29 is 14.3 Å². The van der Waals surface area contributed by atoms with Gasteiger partial charge in [0.05, 0.1) is 0 Å². The number of aldehydes is 1. The molecule has 0 aliphatic carbocycles. The molecule has 4 heteroatoms. The molecule has 1 unspecified atom stereocenters. The van der Waals surface area contributed by atoms with E-state index in [0.29, 0.717) is 6.42 Å². The van der Waals surface area contributed by atoms with Crippen LogP contribution < -0.4 is 5.32 Å². The molecule has 0 aromatic carbocycles. The lowest BCUT2D eigenvalue weighted by atomic mass is 9.81. The molecule has 1 N–H and O–H groups in total. The smallest absolute Gasteiger partial charge is 0.306 e. The van der Waals surface area contributed by atoms with E-state index >= 15 is 0 Å². The van der Waals surface area contributed by atoms with Crippen LogP contribution in [-0.4, -0.2) is 29.4 Å². The second kappa shape index (κ2) is 10.3. The van der Waals surface area contributed by atoms with Crippen molar-refractivity contribution in [3.63, 3.8) is 0 Å². The highest BCUT2D eigenvalue weighted by molar-refractivity contribution is 5.69. The molecule has 0 amide bonds. The van der Waals surface area contributed by atoms with Crippen LogP contribution in [0.4, 0.5) is 0 Å². The summed E-state index contributed by atoms with van der Waals surface area (Å²) in [5.74, 6) is 0.180. The number of rotatable bonds is 11. The van der Waals surface area contributed by atoms with Gasteiger partial charge in [0.1, 0.15) is 12.4 Å². The second-order valence-electron chi connectivity index (χ2n) is 9.02. The van der Waals surface area contributed by atoms with Gasteiger partial charge in [0.25, 0.3) is 0 Å². The number of carbonyl (C=O) groups excluding carboxylic acids is 2. The quantitative estimate of drug-likeness (QED) is 0.329. The van der Waals surface area contributed by atoms with Crippen LogP contribution >= 0.6 is 0 Å². The van der Waals surface area contributed by atoms with Gasteiger partial charge < -0.3 is 14.8 Å². The van der Waals surface area contributed by atoms with Gasteiger partial charge in [-0.05, 0) is 47.0 Å². The molecular weight excluding hydrogens is 314 g/mol. The van der Waals surface area contributed by atoms with E-state index in [9.17, 15) is 9.59 Å². The van der Waals surface area contributed by atoms with Gasteiger partial charge in [0, 0.05) is 36.3 Å². The maximum Gasteiger partial charge on any atom is 0.306 e. The molecule has 1 aliphatic heterocycles. The minimum absolute atomic E-state index is 0.00453. The summed E-state index contributed by atoms with van der Waals surface area (Å²) in [6.07, 6.45) is 10.7. The number of hydrogen-bond acceptors (Lipinski definition) is 4. The lowest BCUT2D eigenvalue weighted by molar-refractivity contribution is -0.153. The lowest BCUT2D eigenvalue weighted by Crippen LogP contribution is -2.59. The topological polar surface area (TPSA) is 55.4 Å². The minimum Gasteiger partial charge on any atom is -0.462 e. The Hall–Kier alpha value is -0.900. The monoisotopic (exact) mass is 353 g/mol. The van der Waals surface area contributed by atoms with Gasteiger partial charge in [-0.2, -0.15) is 0 Å². The third-order valence-electron chi connectivity index (χ3n) is 5.12. The van der Waals surface area contributed by atoms with Crippen molar-refractivity contribution in [2.24, 2.45) is 5.92 Å². The molecule has 0 aromatic rings. The van der Waals surface area contributed by atoms with E-state index in [0.717, 1.165) is 64.1 Å². The summed E-state index contributed by atoms with van der Waals surface area (Å²) >= 11 is 0. The zero-order valence-electron chi connectivity index (χ0n) is 17.0. The molecule has 146 valence electrons. The molecule has 25 heavy (non-hydrogen) atoms. The normalized spacial score (nSPS) is 20.8. The van der Waals surface area contributed by atoms with Crippen LogP contribution in [0.2, 0.25) is 0 Å². The summed E-state index contributed by atoms with van der Waals surface area (Å²) in [7, 11) is 0. The summed E-state index contributed by atoms with van der Waals surface area (Å²) in [5, 5.41) is 3.61. The number of nitrogens with one attached hydrogen (secondary N) is 1. The predicted molar refractivity (Wildman–Crippen MR) is 103 cm³/mol. The third kappa shape index (κ3) is 9.39. The highest BCUT2D eigenvalue weighted by Crippen LogP contribution is 2.30. The Morgan fingerprint density at radius 1 is 1.08 bits per heavy atom. The number of hydrogen-bond donors (Lipinski definition) is 1. The van der Waals surface area contributed by atoms with E-state index in [1.165, 1.54) is 0 Å². The average molecular weight is 354 g/mol. The van der Waals surface area contributed by atoms with Crippen LogP contribution in [0.1, 0.15) is 98.8 Å². The van der Waals surface area contributed by atoms with E-state index in [-0.39, 0.29) is 29.1 Å². The molecule has 4 nitrogen and oxygen atoms in total. The lowest BCUT2D eigenvalue weighted by Gasteiger charge is -2.45. The standard InChI is InChI=1S/C21H39NO3/c1-6-17(16-23)12-10-8-7-9-11-13-19(24)25-18-14-20(2,3)22-21(4,5)15-18/h16-18,22H,6-15H2,1-5H3. The number of piperidine rings is 1. The average Bonchev–Trinajstić information content (AvgIpc) is 2.46. The van der Waals surface area contributed by atoms with Crippen molar-refractivity contribution in [3.8, 4) is 0 Å². The highest BCUT2D eigenvalue weighted by Gasteiger charge is 2.39. The van der Waals surface area contributed by atoms with Gasteiger partial charge in [0.15, 0.2) is 0 Å². The van der Waals surface area contributed by atoms with Crippen molar-refractivity contribution in [2.75, 3.05) is 0 Å². The third-order valence-corrected chi connectivity index (χ3v) is 5.12. The largest absolute Gasteiger partial charge is 0.462 e. The SMILES string of the molecule is CCC(C=O)CCCCCCCC(=O)OC1CC(C)(C)NC(C)(C)C1.